The van der Waals surface area contributed by atoms with Crippen LogP contribution in [0.3, 0.4) is 0 Å². The van der Waals surface area contributed by atoms with Crippen LogP contribution >= 0.6 is 0 Å². The van der Waals surface area contributed by atoms with Gasteiger partial charge in [0.05, 0.1) is 6.20 Å². The Kier molecular flexibility index (Phi) is 4.78. The van der Waals surface area contributed by atoms with Crippen LogP contribution in [0.15, 0.2) is 12.4 Å². The molecule has 2 fully saturated rings. The van der Waals surface area contributed by atoms with Crippen LogP contribution in [0, 0.1) is 11.3 Å². The summed E-state index contributed by atoms with van der Waals surface area (Å²) in [7, 11) is 3.47. The molecule has 4 amide bonds. The zero-order chi connectivity index (χ0) is 20.0. The Labute approximate surface area is 159 Å². The monoisotopic (exact) mass is 375 g/mol. The topological polar surface area (TPSA) is 87.5 Å². The van der Waals surface area contributed by atoms with Gasteiger partial charge in [-0.3, -0.25) is 19.2 Å². The number of hydrogen-bond donors (Lipinski definition) is 1. The molecule has 1 N–H and O–H groups in total. The second-order valence-electron chi connectivity index (χ2n) is 9.03. The maximum Gasteiger partial charge on any atom is 0.325 e. The normalized spacial score (nSPS) is 27.1. The van der Waals surface area contributed by atoms with E-state index in [1.807, 2.05) is 13.2 Å². The molecule has 3 rings (SSSR count). The fourth-order valence-corrected chi connectivity index (χ4v) is 4.82. The summed E-state index contributed by atoms with van der Waals surface area (Å²) in [4.78, 5) is 40.8. The van der Waals surface area contributed by atoms with E-state index < -0.39 is 11.6 Å². The molecule has 1 saturated heterocycles. The van der Waals surface area contributed by atoms with Crippen molar-refractivity contribution < 1.29 is 14.4 Å². The Morgan fingerprint density at radius 3 is 2.67 bits per heavy atom. The van der Waals surface area contributed by atoms with Gasteiger partial charge in [0.15, 0.2) is 0 Å². The molecule has 0 aromatic carbocycles. The molecule has 0 unspecified atom stereocenters. The highest BCUT2D eigenvalue weighted by atomic mass is 16.2. The summed E-state index contributed by atoms with van der Waals surface area (Å²) in [5, 5.41) is 6.99. The summed E-state index contributed by atoms with van der Waals surface area (Å²) in [5.41, 5.74) is -0.0112. The predicted molar refractivity (Wildman–Crippen MR) is 99.5 cm³/mol. The van der Waals surface area contributed by atoms with Crippen LogP contribution in [0.2, 0.25) is 0 Å². The lowest BCUT2D eigenvalue weighted by Gasteiger charge is -2.43. The first-order valence-electron chi connectivity index (χ1n) is 9.37. The first-order valence-corrected chi connectivity index (χ1v) is 9.37. The highest BCUT2D eigenvalue weighted by molar-refractivity contribution is 6.09. The standard InChI is InChI=1S/C19H29N5O3/c1-13-6-18(2,3)12-19(7-13)16(26)24(17(27)21-19)11-15(25)22(4)9-14-8-20-23(5)10-14/h8,10,13H,6-7,9,11-12H2,1-5H3,(H,21,27)/t13-,19-/m1/s1. The summed E-state index contributed by atoms with van der Waals surface area (Å²) < 4.78 is 1.67. The van der Waals surface area contributed by atoms with Crippen molar-refractivity contribution in [2.24, 2.45) is 18.4 Å². The summed E-state index contributed by atoms with van der Waals surface area (Å²) in [6.45, 7) is 6.50. The predicted octanol–water partition coefficient (Wildman–Crippen LogP) is 1.52. The molecule has 2 aliphatic rings. The molecule has 1 saturated carbocycles. The third-order valence-corrected chi connectivity index (χ3v) is 5.52. The maximum absolute atomic E-state index is 13.1. The Hall–Kier alpha value is -2.38. The van der Waals surface area contributed by atoms with Crippen molar-refractivity contribution in [1.82, 2.24) is 24.9 Å². The quantitative estimate of drug-likeness (QED) is 0.808. The Morgan fingerprint density at radius 2 is 2.07 bits per heavy atom. The van der Waals surface area contributed by atoms with E-state index in [1.165, 1.54) is 4.90 Å². The molecule has 1 aliphatic carbocycles. The number of carbonyl (C=O) groups excluding carboxylic acids is 3. The molecule has 1 aromatic rings. The van der Waals surface area contributed by atoms with Gasteiger partial charge in [-0.2, -0.15) is 5.10 Å². The van der Waals surface area contributed by atoms with E-state index in [-0.39, 0.29) is 23.8 Å². The highest BCUT2D eigenvalue weighted by Gasteiger charge is 2.56. The molecule has 8 nitrogen and oxygen atoms in total. The van der Waals surface area contributed by atoms with Crippen molar-refractivity contribution in [3.05, 3.63) is 18.0 Å². The molecular formula is C19H29N5O3. The fraction of sp³-hybridized carbons (Fsp3) is 0.684. The molecule has 2 heterocycles. The van der Waals surface area contributed by atoms with Gasteiger partial charge in [0.25, 0.3) is 5.91 Å². The van der Waals surface area contributed by atoms with Gasteiger partial charge in [-0.25, -0.2) is 4.79 Å². The second-order valence-corrected chi connectivity index (χ2v) is 9.03. The van der Waals surface area contributed by atoms with E-state index in [4.69, 9.17) is 0 Å². The molecule has 1 aromatic heterocycles. The van der Waals surface area contributed by atoms with Crippen LogP contribution in [0.25, 0.3) is 0 Å². The molecule has 2 atom stereocenters. The van der Waals surface area contributed by atoms with Gasteiger partial charge >= 0.3 is 6.03 Å². The molecule has 0 bridgehead atoms. The van der Waals surface area contributed by atoms with Gasteiger partial charge in [-0.1, -0.05) is 20.8 Å². The van der Waals surface area contributed by atoms with Crippen LogP contribution in [0.5, 0.6) is 0 Å². The average molecular weight is 375 g/mol. The highest BCUT2D eigenvalue weighted by Crippen LogP contribution is 2.46. The SMILES string of the molecule is C[C@@H]1CC(C)(C)C[C@@]2(C1)NC(=O)N(CC(=O)N(C)Cc1cnn(C)c1)C2=O. The van der Waals surface area contributed by atoms with E-state index in [1.54, 1.807) is 17.9 Å². The second kappa shape index (κ2) is 6.65. The number of rotatable bonds is 4. The van der Waals surface area contributed by atoms with Crippen molar-refractivity contribution in [2.45, 2.75) is 52.1 Å². The third kappa shape index (κ3) is 3.84. The lowest BCUT2D eigenvalue weighted by atomic mass is 9.64. The zero-order valence-electron chi connectivity index (χ0n) is 16.8. The lowest BCUT2D eigenvalue weighted by molar-refractivity contribution is -0.140. The van der Waals surface area contributed by atoms with Gasteiger partial charge in [0.2, 0.25) is 5.91 Å². The number of imide groups is 1. The van der Waals surface area contributed by atoms with Crippen molar-refractivity contribution in [3.8, 4) is 0 Å². The minimum Gasteiger partial charge on any atom is -0.340 e. The zero-order valence-corrected chi connectivity index (χ0v) is 16.8. The molecule has 27 heavy (non-hydrogen) atoms. The van der Waals surface area contributed by atoms with Gasteiger partial charge in [0, 0.05) is 32.4 Å². The summed E-state index contributed by atoms with van der Waals surface area (Å²) >= 11 is 0. The number of aryl methyl sites for hydroxylation is 1. The van der Waals surface area contributed by atoms with Gasteiger partial charge in [-0.05, 0) is 30.6 Å². The third-order valence-electron chi connectivity index (χ3n) is 5.52. The minimum absolute atomic E-state index is 0.0300. The molecule has 148 valence electrons. The van der Waals surface area contributed by atoms with Crippen molar-refractivity contribution in [1.29, 1.82) is 0 Å². The fourth-order valence-electron chi connectivity index (χ4n) is 4.82. The van der Waals surface area contributed by atoms with Crippen LogP contribution in [0.1, 0.15) is 45.6 Å². The van der Waals surface area contributed by atoms with E-state index in [9.17, 15) is 14.4 Å². The molecule has 1 aliphatic heterocycles. The van der Waals surface area contributed by atoms with Gasteiger partial charge in [0.1, 0.15) is 12.1 Å². The summed E-state index contributed by atoms with van der Waals surface area (Å²) in [6.07, 6.45) is 5.77. The summed E-state index contributed by atoms with van der Waals surface area (Å²) in [6, 6.07) is -0.465. The van der Waals surface area contributed by atoms with Gasteiger partial charge < -0.3 is 10.2 Å². The van der Waals surface area contributed by atoms with Crippen molar-refractivity contribution in [3.63, 3.8) is 0 Å². The van der Waals surface area contributed by atoms with Crippen molar-refractivity contribution in [2.75, 3.05) is 13.6 Å². The van der Waals surface area contributed by atoms with Crippen molar-refractivity contribution >= 4 is 17.8 Å². The first kappa shape index (κ1) is 19.4. The largest absolute Gasteiger partial charge is 0.340 e. The van der Waals surface area contributed by atoms with Crippen LogP contribution in [-0.4, -0.2) is 56.6 Å². The number of aromatic nitrogens is 2. The van der Waals surface area contributed by atoms with E-state index in [0.29, 0.717) is 25.3 Å². The number of carbonyl (C=O) groups is 3. The molecule has 1 spiro atoms. The molecule has 8 heteroatoms. The Morgan fingerprint density at radius 1 is 1.37 bits per heavy atom. The van der Waals surface area contributed by atoms with E-state index in [2.05, 4.69) is 31.2 Å². The van der Waals surface area contributed by atoms with E-state index >= 15 is 0 Å². The number of hydrogen-bond acceptors (Lipinski definition) is 4. The average Bonchev–Trinajstić information content (AvgIpc) is 3.02. The summed E-state index contributed by atoms with van der Waals surface area (Å²) in [5.74, 6) is -0.209. The van der Waals surface area contributed by atoms with Crippen LogP contribution < -0.4 is 5.32 Å². The lowest BCUT2D eigenvalue weighted by Crippen LogP contribution is -2.54. The first-order chi connectivity index (χ1) is 12.5. The Bertz CT molecular complexity index is 771. The number of urea groups is 1. The number of nitrogens with one attached hydrogen (secondary N) is 1. The number of likely N-dealkylation sites (N-methyl/N-ethyl adjacent to an activating group) is 1. The smallest absolute Gasteiger partial charge is 0.325 e. The molecule has 0 radical (unpaired) electrons. The Balaban J connectivity index is 1.69. The van der Waals surface area contributed by atoms with E-state index in [0.717, 1.165) is 16.9 Å². The van der Waals surface area contributed by atoms with Crippen LogP contribution in [-0.2, 0) is 23.2 Å². The minimum atomic E-state index is -0.875. The number of amides is 4. The maximum atomic E-state index is 13.1. The van der Waals surface area contributed by atoms with Gasteiger partial charge in [-0.15, -0.1) is 0 Å². The molecular weight excluding hydrogens is 346 g/mol. The number of nitrogens with zero attached hydrogens (tertiary/aromatic N) is 4. The van der Waals surface area contributed by atoms with Crippen LogP contribution in [0.4, 0.5) is 4.79 Å².